The van der Waals surface area contributed by atoms with Crippen LogP contribution in [0.2, 0.25) is 0 Å². The minimum absolute atomic E-state index is 0.223. The normalized spacial score (nSPS) is 16.2. The van der Waals surface area contributed by atoms with E-state index in [0.717, 1.165) is 37.1 Å². The molecule has 1 aliphatic heterocycles. The number of morpholine rings is 1. The largest absolute Gasteiger partial charge is 0.378 e. The molecule has 0 spiro atoms. The number of ether oxygens (including phenoxy) is 1. The predicted octanol–water partition coefficient (Wildman–Crippen LogP) is -0.488. The highest BCUT2D eigenvalue weighted by Gasteiger charge is 2.15. The maximum atomic E-state index is 11.1. The fourth-order valence-electron chi connectivity index (χ4n) is 1.49. The van der Waals surface area contributed by atoms with Gasteiger partial charge in [-0.25, -0.2) is 10.8 Å². The zero-order chi connectivity index (χ0) is 11.4. The molecule has 1 aliphatic rings. The van der Waals surface area contributed by atoms with Crippen LogP contribution < -0.4 is 16.2 Å². The van der Waals surface area contributed by atoms with Crippen LogP contribution in [0.3, 0.4) is 0 Å². The van der Waals surface area contributed by atoms with Crippen LogP contribution in [0.5, 0.6) is 0 Å². The van der Waals surface area contributed by atoms with E-state index in [1.54, 1.807) is 11.3 Å². The molecule has 7 heteroatoms. The summed E-state index contributed by atoms with van der Waals surface area (Å²) in [5, 5.41) is 2.84. The molecule has 0 saturated carbocycles. The first-order valence-electron chi connectivity index (χ1n) is 5.06. The molecular formula is C9H14N4O2S. The summed E-state index contributed by atoms with van der Waals surface area (Å²) in [6, 6.07) is 0. The lowest BCUT2D eigenvalue weighted by atomic mass is 10.3. The molecule has 1 saturated heterocycles. The van der Waals surface area contributed by atoms with Crippen LogP contribution in [0.25, 0.3) is 0 Å². The zero-order valence-electron chi connectivity index (χ0n) is 8.81. The van der Waals surface area contributed by atoms with Gasteiger partial charge < -0.3 is 9.64 Å². The van der Waals surface area contributed by atoms with E-state index in [-0.39, 0.29) is 12.3 Å². The first-order valence-corrected chi connectivity index (χ1v) is 5.94. The van der Waals surface area contributed by atoms with E-state index >= 15 is 0 Å². The fourth-order valence-corrected chi connectivity index (χ4v) is 2.37. The van der Waals surface area contributed by atoms with Crippen LogP contribution in [-0.2, 0) is 16.0 Å². The smallest absolute Gasteiger partial charge is 0.239 e. The van der Waals surface area contributed by atoms with Gasteiger partial charge in [0.2, 0.25) is 5.91 Å². The Kier molecular flexibility index (Phi) is 3.70. The molecule has 0 atom stereocenters. The van der Waals surface area contributed by atoms with E-state index in [4.69, 9.17) is 10.6 Å². The van der Waals surface area contributed by atoms with Gasteiger partial charge in [0, 0.05) is 18.5 Å². The van der Waals surface area contributed by atoms with Crippen molar-refractivity contribution in [3.63, 3.8) is 0 Å². The van der Waals surface area contributed by atoms with Crippen molar-refractivity contribution in [2.75, 3.05) is 31.2 Å². The number of nitrogens with one attached hydrogen (secondary N) is 1. The molecule has 0 bridgehead atoms. The molecule has 2 rings (SSSR count). The number of anilines is 1. The van der Waals surface area contributed by atoms with Gasteiger partial charge in [0.25, 0.3) is 0 Å². The Bertz CT molecular complexity index is 362. The summed E-state index contributed by atoms with van der Waals surface area (Å²) in [6.45, 7) is 3.18. The average Bonchev–Trinajstić information content (AvgIpc) is 2.78. The number of amides is 1. The van der Waals surface area contributed by atoms with E-state index in [1.165, 1.54) is 0 Å². The van der Waals surface area contributed by atoms with E-state index in [2.05, 4.69) is 15.3 Å². The molecule has 88 valence electrons. The van der Waals surface area contributed by atoms with Crippen LogP contribution in [0.15, 0.2) is 5.38 Å². The summed E-state index contributed by atoms with van der Waals surface area (Å²) in [5.41, 5.74) is 2.85. The second-order valence-electron chi connectivity index (χ2n) is 3.47. The summed E-state index contributed by atoms with van der Waals surface area (Å²) >= 11 is 1.55. The van der Waals surface area contributed by atoms with E-state index in [9.17, 15) is 4.79 Å². The number of rotatable bonds is 3. The standard InChI is InChI=1S/C9H14N4O2S/c10-12-8(14)5-7-6-16-9(11-7)13-1-3-15-4-2-13/h6H,1-5,10H2,(H,12,14). The van der Waals surface area contributed by atoms with Crippen molar-refractivity contribution in [1.82, 2.24) is 10.4 Å². The van der Waals surface area contributed by atoms with Crippen LogP contribution >= 0.6 is 11.3 Å². The van der Waals surface area contributed by atoms with Crippen LogP contribution in [0.1, 0.15) is 5.69 Å². The van der Waals surface area contributed by atoms with Crippen LogP contribution in [0, 0.1) is 0 Å². The highest BCUT2D eigenvalue weighted by Crippen LogP contribution is 2.21. The number of hydrazine groups is 1. The van der Waals surface area contributed by atoms with E-state index in [0.29, 0.717) is 0 Å². The molecule has 0 aromatic carbocycles. The number of carbonyl (C=O) groups excluding carboxylic acids is 1. The summed E-state index contributed by atoms with van der Waals surface area (Å²) in [7, 11) is 0. The van der Waals surface area contributed by atoms with E-state index in [1.807, 2.05) is 5.38 Å². The Balaban J connectivity index is 1.98. The number of aromatic nitrogens is 1. The average molecular weight is 242 g/mol. The first-order chi connectivity index (χ1) is 7.79. The second-order valence-corrected chi connectivity index (χ2v) is 4.30. The fraction of sp³-hybridized carbons (Fsp3) is 0.556. The Labute approximate surface area is 97.4 Å². The van der Waals surface area contributed by atoms with Crippen molar-refractivity contribution in [2.24, 2.45) is 5.84 Å². The first kappa shape index (κ1) is 11.3. The summed E-state index contributed by atoms with van der Waals surface area (Å²) in [6.07, 6.45) is 0.233. The summed E-state index contributed by atoms with van der Waals surface area (Å²) in [4.78, 5) is 17.6. The van der Waals surface area contributed by atoms with Crippen molar-refractivity contribution in [1.29, 1.82) is 0 Å². The van der Waals surface area contributed by atoms with Gasteiger partial charge in [0.15, 0.2) is 5.13 Å². The Hall–Kier alpha value is -1.18. The van der Waals surface area contributed by atoms with Crippen molar-refractivity contribution < 1.29 is 9.53 Å². The third-order valence-electron chi connectivity index (χ3n) is 2.32. The van der Waals surface area contributed by atoms with Gasteiger partial charge in [-0.05, 0) is 0 Å². The van der Waals surface area contributed by atoms with Gasteiger partial charge in [-0.15, -0.1) is 11.3 Å². The summed E-state index contributed by atoms with van der Waals surface area (Å²) < 4.78 is 5.26. The molecular weight excluding hydrogens is 228 g/mol. The highest BCUT2D eigenvalue weighted by atomic mass is 32.1. The highest BCUT2D eigenvalue weighted by molar-refractivity contribution is 7.13. The number of thiazole rings is 1. The van der Waals surface area contributed by atoms with Gasteiger partial charge in [-0.2, -0.15) is 0 Å². The lowest BCUT2D eigenvalue weighted by Gasteiger charge is -2.26. The topological polar surface area (TPSA) is 80.5 Å². The van der Waals surface area contributed by atoms with Gasteiger partial charge >= 0.3 is 0 Å². The van der Waals surface area contributed by atoms with Gasteiger partial charge in [-0.3, -0.25) is 10.2 Å². The van der Waals surface area contributed by atoms with Gasteiger partial charge in [0.05, 0.1) is 25.3 Å². The molecule has 0 radical (unpaired) electrons. The van der Waals surface area contributed by atoms with Crippen LogP contribution in [-0.4, -0.2) is 37.2 Å². The minimum Gasteiger partial charge on any atom is -0.378 e. The zero-order valence-corrected chi connectivity index (χ0v) is 9.63. The molecule has 1 amide bonds. The SMILES string of the molecule is NNC(=O)Cc1csc(N2CCOCC2)n1. The molecule has 2 heterocycles. The number of carbonyl (C=O) groups is 1. The monoisotopic (exact) mass is 242 g/mol. The number of nitrogens with two attached hydrogens (primary N) is 1. The maximum Gasteiger partial charge on any atom is 0.239 e. The molecule has 1 aromatic heterocycles. The van der Waals surface area contributed by atoms with Crippen molar-refractivity contribution in [3.8, 4) is 0 Å². The Morgan fingerprint density at radius 1 is 1.62 bits per heavy atom. The van der Waals surface area contributed by atoms with E-state index < -0.39 is 0 Å². The van der Waals surface area contributed by atoms with Crippen LogP contribution in [0.4, 0.5) is 5.13 Å². The molecule has 0 aliphatic carbocycles. The maximum absolute atomic E-state index is 11.1. The molecule has 1 fully saturated rings. The molecule has 0 unspecified atom stereocenters. The number of hydrogen-bond acceptors (Lipinski definition) is 6. The quantitative estimate of drug-likeness (QED) is 0.425. The lowest BCUT2D eigenvalue weighted by molar-refractivity contribution is -0.120. The van der Waals surface area contributed by atoms with Crippen molar-refractivity contribution >= 4 is 22.4 Å². The minimum atomic E-state index is -0.223. The number of hydrogen-bond donors (Lipinski definition) is 2. The molecule has 6 nitrogen and oxygen atoms in total. The predicted molar refractivity (Wildman–Crippen MR) is 61.2 cm³/mol. The molecule has 3 N–H and O–H groups in total. The Morgan fingerprint density at radius 3 is 3.06 bits per heavy atom. The van der Waals surface area contributed by atoms with Crippen molar-refractivity contribution in [2.45, 2.75) is 6.42 Å². The van der Waals surface area contributed by atoms with Gasteiger partial charge in [0.1, 0.15) is 0 Å². The van der Waals surface area contributed by atoms with Gasteiger partial charge in [-0.1, -0.05) is 0 Å². The lowest BCUT2D eigenvalue weighted by Crippen LogP contribution is -2.36. The summed E-state index contributed by atoms with van der Waals surface area (Å²) in [5.74, 6) is 4.80. The van der Waals surface area contributed by atoms with Crippen molar-refractivity contribution in [3.05, 3.63) is 11.1 Å². The third kappa shape index (κ3) is 2.69. The Morgan fingerprint density at radius 2 is 2.38 bits per heavy atom. The number of nitrogens with zero attached hydrogens (tertiary/aromatic N) is 2. The third-order valence-corrected chi connectivity index (χ3v) is 3.27. The molecule has 16 heavy (non-hydrogen) atoms. The molecule has 1 aromatic rings. The second kappa shape index (κ2) is 5.24.